The third-order valence-electron chi connectivity index (χ3n) is 1.45. The van der Waals surface area contributed by atoms with Crippen molar-refractivity contribution in [2.45, 2.75) is 6.10 Å². The Morgan fingerprint density at radius 1 is 1.80 bits per heavy atom. The Labute approximate surface area is 60.1 Å². The van der Waals surface area contributed by atoms with E-state index in [-0.39, 0.29) is 11.9 Å². The van der Waals surface area contributed by atoms with Crippen molar-refractivity contribution in [3.63, 3.8) is 0 Å². The second-order valence-corrected chi connectivity index (χ2v) is 2.17. The summed E-state index contributed by atoms with van der Waals surface area (Å²) in [7, 11) is 0. The lowest BCUT2D eigenvalue weighted by atomic mass is 10.2. The van der Waals surface area contributed by atoms with Crippen LogP contribution in [0, 0.1) is 0 Å². The minimum Gasteiger partial charge on any atom is -0.367 e. The van der Waals surface area contributed by atoms with Crippen LogP contribution < -0.4 is 5.32 Å². The SMILES string of the molecule is C=CC(=O)C1CNCCO1. The fourth-order valence-corrected chi connectivity index (χ4v) is 0.880. The van der Waals surface area contributed by atoms with Crippen molar-refractivity contribution in [1.82, 2.24) is 5.32 Å². The van der Waals surface area contributed by atoms with Crippen LogP contribution in [-0.2, 0) is 9.53 Å². The molecule has 0 aromatic carbocycles. The number of hydrogen-bond donors (Lipinski definition) is 1. The molecule has 3 heteroatoms. The first-order valence-corrected chi connectivity index (χ1v) is 3.33. The molecule has 0 aliphatic carbocycles. The van der Waals surface area contributed by atoms with E-state index >= 15 is 0 Å². The smallest absolute Gasteiger partial charge is 0.185 e. The van der Waals surface area contributed by atoms with Gasteiger partial charge in [-0.1, -0.05) is 6.58 Å². The van der Waals surface area contributed by atoms with E-state index in [9.17, 15) is 4.79 Å². The summed E-state index contributed by atoms with van der Waals surface area (Å²) in [4.78, 5) is 10.9. The molecule has 1 saturated heterocycles. The summed E-state index contributed by atoms with van der Waals surface area (Å²) in [5, 5.41) is 3.06. The van der Waals surface area contributed by atoms with Crippen LogP contribution >= 0.6 is 0 Å². The molecule has 1 unspecified atom stereocenters. The summed E-state index contributed by atoms with van der Waals surface area (Å²) in [6.45, 7) is 5.44. The van der Waals surface area contributed by atoms with E-state index in [1.54, 1.807) is 0 Å². The van der Waals surface area contributed by atoms with Gasteiger partial charge in [-0.3, -0.25) is 4.79 Å². The van der Waals surface area contributed by atoms with Crippen molar-refractivity contribution in [3.05, 3.63) is 12.7 Å². The molecule has 0 bridgehead atoms. The Balaban J connectivity index is 2.38. The number of ether oxygens (including phenoxy) is 1. The Hall–Kier alpha value is -0.670. The van der Waals surface area contributed by atoms with Gasteiger partial charge in [0.2, 0.25) is 0 Å². The molecule has 1 aliphatic rings. The Morgan fingerprint density at radius 2 is 2.60 bits per heavy atom. The van der Waals surface area contributed by atoms with E-state index in [1.165, 1.54) is 6.08 Å². The summed E-state index contributed by atoms with van der Waals surface area (Å²) in [5.41, 5.74) is 0. The fraction of sp³-hybridized carbons (Fsp3) is 0.571. The molecule has 0 saturated carbocycles. The molecule has 1 N–H and O–H groups in total. The lowest BCUT2D eigenvalue weighted by Gasteiger charge is -2.20. The highest BCUT2D eigenvalue weighted by atomic mass is 16.5. The molecule has 0 aromatic heterocycles. The second kappa shape index (κ2) is 3.49. The van der Waals surface area contributed by atoms with Crippen molar-refractivity contribution in [1.29, 1.82) is 0 Å². The zero-order valence-electron chi connectivity index (χ0n) is 5.80. The Kier molecular flexibility index (Phi) is 2.59. The second-order valence-electron chi connectivity index (χ2n) is 2.17. The number of nitrogens with one attached hydrogen (secondary N) is 1. The van der Waals surface area contributed by atoms with Gasteiger partial charge in [0, 0.05) is 13.1 Å². The monoisotopic (exact) mass is 141 g/mol. The number of hydrogen-bond acceptors (Lipinski definition) is 3. The summed E-state index contributed by atoms with van der Waals surface area (Å²) < 4.78 is 5.15. The predicted molar refractivity (Wildman–Crippen MR) is 37.8 cm³/mol. The van der Waals surface area contributed by atoms with E-state index in [0.29, 0.717) is 13.2 Å². The van der Waals surface area contributed by atoms with Crippen molar-refractivity contribution < 1.29 is 9.53 Å². The van der Waals surface area contributed by atoms with Gasteiger partial charge in [-0.15, -0.1) is 0 Å². The lowest BCUT2D eigenvalue weighted by Crippen LogP contribution is -2.42. The van der Waals surface area contributed by atoms with Gasteiger partial charge in [-0.2, -0.15) is 0 Å². The number of rotatable bonds is 2. The highest BCUT2D eigenvalue weighted by Crippen LogP contribution is 1.97. The van der Waals surface area contributed by atoms with Gasteiger partial charge in [0.05, 0.1) is 6.61 Å². The topological polar surface area (TPSA) is 38.3 Å². The van der Waals surface area contributed by atoms with Crippen LogP contribution in [0.25, 0.3) is 0 Å². The zero-order valence-corrected chi connectivity index (χ0v) is 5.80. The molecule has 1 heterocycles. The van der Waals surface area contributed by atoms with Gasteiger partial charge >= 0.3 is 0 Å². The maximum atomic E-state index is 10.9. The molecule has 1 fully saturated rings. The normalized spacial score (nSPS) is 25.8. The molecule has 3 nitrogen and oxygen atoms in total. The molecule has 0 aromatic rings. The molecule has 0 amide bonds. The van der Waals surface area contributed by atoms with Crippen LogP contribution in [0.15, 0.2) is 12.7 Å². The van der Waals surface area contributed by atoms with Crippen LogP contribution in [0.4, 0.5) is 0 Å². The van der Waals surface area contributed by atoms with Crippen LogP contribution in [0.5, 0.6) is 0 Å². The number of ketones is 1. The first-order valence-electron chi connectivity index (χ1n) is 3.33. The quantitative estimate of drug-likeness (QED) is 0.538. The van der Waals surface area contributed by atoms with E-state index in [0.717, 1.165) is 6.54 Å². The maximum Gasteiger partial charge on any atom is 0.185 e. The largest absolute Gasteiger partial charge is 0.367 e. The highest BCUT2D eigenvalue weighted by molar-refractivity contribution is 5.93. The van der Waals surface area contributed by atoms with Crippen molar-refractivity contribution in [3.8, 4) is 0 Å². The molecule has 0 radical (unpaired) electrons. The van der Waals surface area contributed by atoms with Gasteiger partial charge < -0.3 is 10.1 Å². The zero-order chi connectivity index (χ0) is 7.40. The summed E-state index contributed by atoms with van der Waals surface area (Å²) in [5.74, 6) is -0.0350. The molecule has 10 heavy (non-hydrogen) atoms. The number of carbonyl (C=O) groups excluding carboxylic acids is 1. The van der Waals surface area contributed by atoms with Crippen molar-refractivity contribution in [2.75, 3.05) is 19.7 Å². The van der Waals surface area contributed by atoms with Crippen LogP contribution in [0.2, 0.25) is 0 Å². The van der Waals surface area contributed by atoms with Crippen molar-refractivity contribution in [2.24, 2.45) is 0 Å². The van der Waals surface area contributed by atoms with E-state index < -0.39 is 0 Å². The molecule has 1 aliphatic heterocycles. The first kappa shape index (κ1) is 7.44. The number of morpholine rings is 1. The average molecular weight is 141 g/mol. The standard InChI is InChI=1S/C7H11NO2/c1-2-6(9)7-5-8-3-4-10-7/h2,7-8H,1,3-5H2. The third-order valence-corrected chi connectivity index (χ3v) is 1.45. The van der Waals surface area contributed by atoms with Crippen molar-refractivity contribution >= 4 is 5.78 Å². The molecule has 1 rings (SSSR count). The number of carbonyl (C=O) groups is 1. The Morgan fingerprint density at radius 3 is 3.10 bits per heavy atom. The van der Waals surface area contributed by atoms with Crippen LogP contribution in [0.1, 0.15) is 0 Å². The Bertz CT molecular complexity index is 139. The molecule has 56 valence electrons. The van der Waals surface area contributed by atoms with Gasteiger partial charge in [-0.05, 0) is 6.08 Å². The highest BCUT2D eigenvalue weighted by Gasteiger charge is 2.18. The van der Waals surface area contributed by atoms with E-state index in [4.69, 9.17) is 4.74 Å². The fourth-order valence-electron chi connectivity index (χ4n) is 0.880. The minimum absolute atomic E-state index is 0.0350. The minimum atomic E-state index is -0.300. The maximum absolute atomic E-state index is 10.9. The van der Waals surface area contributed by atoms with E-state index in [2.05, 4.69) is 11.9 Å². The lowest BCUT2D eigenvalue weighted by molar-refractivity contribution is -0.126. The van der Waals surface area contributed by atoms with Gasteiger partial charge in [0.15, 0.2) is 5.78 Å². The first-order chi connectivity index (χ1) is 4.84. The van der Waals surface area contributed by atoms with Gasteiger partial charge in [0.1, 0.15) is 6.10 Å². The third kappa shape index (κ3) is 1.65. The van der Waals surface area contributed by atoms with Gasteiger partial charge in [0.25, 0.3) is 0 Å². The molecule has 0 spiro atoms. The predicted octanol–water partition coefficient (Wildman–Crippen LogP) is -0.270. The average Bonchev–Trinajstić information content (AvgIpc) is 2.05. The molecular formula is C7H11NO2. The molecular weight excluding hydrogens is 130 g/mol. The summed E-state index contributed by atoms with van der Waals surface area (Å²) >= 11 is 0. The summed E-state index contributed by atoms with van der Waals surface area (Å²) in [6.07, 6.45) is 1.00. The van der Waals surface area contributed by atoms with Gasteiger partial charge in [-0.25, -0.2) is 0 Å². The van der Waals surface area contributed by atoms with Crippen LogP contribution in [-0.4, -0.2) is 31.6 Å². The van der Waals surface area contributed by atoms with Crippen LogP contribution in [0.3, 0.4) is 0 Å². The molecule has 1 atom stereocenters. The summed E-state index contributed by atoms with van der Waals surface area (Å²) in [6, 6.07) is 0. The van der Waals surface area contributed by atoms with E-state index in [1.807, 2.05) is 0 Å².